The molecule has 6 nitrogen and oxygen atoms in total. The third-order valence-electron chi connectivity index (χ3n) is 5.39. The Balaban J connectivity index is 1.96. The summed E-state index contributed by atoms with van der Waals surface area (Å²) in [6.07, 6.45) is 17.6. The summed E-state index contributed by atoms with van der Waals surface area (Å²) in [6.45, 7) is 2.53. The number of aliphatic hydroxyl groups is 2. The van der Waals surface area contributed by atoms with Crippen molar-refractivity contribution in [3.63, 3.8) is 0 Å². The lowest BCUT2D eigenvalue weighted by Gasteiger charge is -2.25. The van der Waals surface area contributed by atoms with E-state index in [1.165, 1.54) is 57.8 Å². The molecular formula is C24H44O6. The number of hydrogen-bond acceptors (Lipinski definition) is 6. The minimum Gasteiger partial charge on any atom is -0.454 e. The molecule has 0 aromatic carbocycles. The SMILES string of the molecule is CCCCCCCC/C=C\CCCCCCCC(=O)O[C@@H](C1OCCO1)[C@H](O)CO. The zero-order chi connectivity index (χ0) is 21.9. The highest BCUT2D eigenvalue weighted by molar-refractivity contribution is 5.69. The van der Waals surface area contributed by atoms with Crippen LogP contribution in [-0.4, -0.2) is 54.5 Å². The van der Waals surface area contributed by atoms with Crippen molar-refractivity contribution in [2.75, 3.05) is 19.8 Å². The Morgan fingerprint density at radius 2 is 1.47 bits per heavy atom. The second kappa shape index (κ2) is 18.8. The molecular weight excluding hydrogens is 384 g/mol. The molecule has 1 saturated heterocycles. The minimum atomic E-state index is -1.20. The molecule has 1 aliphatic heterocycles. The molecule has 30 heavy (non-hydrogen) atoms. The van der Waals surface area contributed by atoms with E-state index in [1.54, 1.807) is 0 Å². The Hall–Kier alpha value is -0.950. The number of hydrogen-bond donors (Lipinski definition) is 2. The molecule has 0 radical (unpaired) electrons. The number of allylic oxidation sites excluding steroid dienone is 2. The minimum absolute atomic E-state index is 0.305. The van der Waals surface area contributed by atoms with E-state index < -0.39 is 25.1 Å². The number of aliphatic hydroxyl groups excluding tert-OH is 2. The Labute approximate surface area is 183 Å². The van der Waals surface area contributed by atoms with E-state index in [-0.39, 0.29) is 5.97 Å². The van der Waals surface area contributed by atoms with E-state index in [2.05, 4.69) is 19.1 Å². The van der Waals surface area contributed by atoms with Gasteiger partial charge in [-0.25, -0.2) is 0 Å². The zero-order valence-corrected chi connectivity index (χ0v) is 18.9. The van der Waals surface area contributed by atoms with Crippen LogP contribution in [0.1, 0.15) is 96.8 Å². The lowest BCUT2D eigenvalue weighted by atomic mass is 10.1. The van der Waals surface area contributed by atoms with Gasteiger partial charge in [0.15, 0.2) is 12.4 Å². The first-order chi connectivity index (χ1) is 14.7. The summed E-state index contributed by atoms with van der Waals surface area (Å²) in [5.41, 5.74) is 0. The van der Waals surface area contributed by atoms with Crippen LogP contribution in [-0.2, 0) is 19.0 Å². The van der Waals surface area contributed by atoms with Crippen molar-refractivity contribution in [2.24, 2.45) is 0 Å². The van der Waals surface area contributed by atoms with Crippen LogP contribution >= 0.6 is 0 Å². The fraction of sp³-hybridized carbons (Fsp3) is 0.875. The topological polar surface area (TPSA) is 85.2 Å². The summed E-state index contributed by atoms with van der Waals surface area (Å²) in [5.74, 6) is -0.385. The van der Waals surface area contributed by atoms with Gasteiger partial charge in [0, 0.05) is 6.42 Å². The molecule has 0 aromatic rings. The Morgan fingerprint density at radius 1 is 0.933 bits per heavy atom. The van der Waals surface area contributed by atoms with Gasteiger partial charge in [-0.3, -0.25) is 4.79 Å². The van der Waals surface area contributed by atoms with Crippen molar-refractivity contribution in [2.45, 2.75) is 115 Å². The van der Waals surface area contributed by atoms with Crippen LogP contribution in [0.5, 0.6) is 0 Å². The molecule has 176 valence electrons. The first-order valence-corrected chi connectivity index (χ1v) is 12.1. The maximum Gasteiger partial charge on any atom is 0.306 e. The van der Waals surface area contributed by atoms with Gasteiger partial charge in [0.1, 0.15) is 6.10 Å². The van der Waals surface area contributed by atoms with Crippen LogP contribution in [0.15, 0.2) is 12.2 Å². The van der Waals surface area contributed by atoms with E-state index in [9.17, 15) is 9.90 Å². The van der Waals surface area contributed by atoms with Crippen LogP contribution in [0.3, 0.4) is 0 Å². The summed E-state index contributed by atoms with van der Waals surface area (Å²) in [5, 5.41) is 19.0. The summed E-state index contributed by atoms with van der Waals surface area (Å²) in [6, 6.07) is 0. The number of ether oxygens (including phenoxy) is 3. The van der Waals surface area contributed by atoms with Crippen molar-refractivity contribution in [1.29, 1.82) is 0 Å². The van der Waals surface area contributed by atoms with Gasteiger partial charge in [0.05, 0.1) is 19.8 Å². The lowest BCUT2D eigenvalue weighted by Crippen LogP contribution is -2.43. The highest BCUT2D eigenvalue weighted by Gasteiger charge is 2.35. The Kier molecular flexibility index (Phi) is 17.0. The van der Waals surface area contributed by atoms with Gasteiger partial charge in [0.25, 0.3) is 0 Å². The molecule has 2 N–H and O–H groups in total. The first-order valence-electron chi connectivity index (χ1n) is 12.1. The summed E-state index contributed by atoms with van der Waals surface area (Å²) < 4.78 is 15.9. The molecule has 0 bridgehead atoms. The number of carbonyl (C=O) groups excluding carboxylic acids is 1. The monoisotopic (exact) mass is 428 g/mol. The standard InChI is InChI=1S/C24H44O6/c1-2-3-4-5-6-7-8-9-10-11-12-13-14-15-16-17-22(27)30-23(21(26)20-25)24-28-18-19-29-24/h9-10,21,23-26H,2-8,11-20H2,1H3/b10-9-/t21-,23-/m1/s1. The maximum absolute atomic E-state index is 12.0. The average Bonchev–Trinajstić information content (AvgIpc) is 3.28. The van der Waals surface area contributed by atoms with Gasteiger partial charge in [-0.2, -0.15) is 0 Å². The second-order valence-electron chi connectivity index (χ2n) is 8.15. The zero-order valence-electron chi connectivity index (χ0n) is 18.9. The van der Waals surface area contributed by atoms with Gasteiger partial charge in [-0.15, -0.1) is 0 Å². The van der Waals surface area contributed by atoms with Gasteiger partial charge < -0.3 is 24.4 Å². The lowest BCUT2D eigenvalue weighted by molar-refractivity contribution is -0.195. The molecule has 2 atom stereocenters. The molecule has 1 aliphatic rings. The molecule has 0 unspecified atom stereocenters. The number of esters is 1. The van der Waals surface area contributed by atoms with Crippen molar-refractivity contribution < 1.29 is 29.2 Å². The molecule has 1 rings (SSSR count). The molecule has 6 heteroatoms. The Bertz CT molecular complexity index is 433. The van der Waals surface area contributed by atoms with E-state index in [1.807, 2.05) is 0 Å². The summed E-state index contributed by atoms with van der Waals surface area (Å²) >= 11 is 0. The number of carbonyl (C=O) groups is 1. The van der Waals surface area contributed by atoms with E-state index in [0.29, 0.717) is 19.6 Å². The average molecular weight is 429 g/mol. The van der Waals surface area contributed by atoms with Crippen molar-refractivity contribution in [1.82, 2.24) is 0 Å². The van der Waals surface area contributed by atoms with Gasteiger partial charge in [-0.1, -0.05) is 70.4 Å². The fourth-order valence-corrected chi connectivity index (χ4v) is 3.54. The molecule has 1 heterocycles. The Morgan fingerprint density at radius 3 is 2.03 bits per heavy atom. The summed E-state index contributed by atoms with van der Waals surface area (Å²) in [4.78, 5) is 12.0. The van der Waals surface area contributed by atoms with Crippen LogP contribution in [0.4, 0.5) is 0 Å². The van der Waals surface area contributed by atoms with Crippen LogP contribution in [0, 0.1) is 0 Å². The summed E-state index contributed by atoms with van der Waals surface area (Å²) in [7, 11) is 0. The fourth-order valence-electron chi connectivity index (χ4n) is 3.54. The van der Waals surface area contributed by atoms with Crippen molar-refractivity contribution >= 4 is 5.97 Å². The van der Waals surface area contributed by atoms with Crippen molar-refractivity contribution in [3.05, 3.63) is 12.2 Å². The van der Waals surface area contributed by atoms with Crippen LogP contribution < -0.4 is 0 Å². The predicted octanol–water partition coefficient (Wildman–Crippen LogP) is 4.66. The third-order valence-corrected chi connectivity index (χ3v) is 5.39. The van der Waals surface area contributed by atoms with Crippen molar-refractivity contribution in [3.8, 4) is 0 Å². The second-order valence-corrected chi connectivity index (χ2v) is 8.15. The molecule has 0 aliphatic carbocycles. The molecule has 0 spiro atoms. The number of rotatable bonds is 19. The quantitative estimate of drug-likeness (QED) is 0.177. The molecule has 0 aromatic heterocycles. The van der Waals surface area contributed by atoms with E-state index >= 15 is 0 Å². The highest BCUT2D eigenvalue weighted by atomic mass is 16.7. The van der Waals surface area contributed by atoms with Gasteiger partial charge in [-0.05, 0) is 32.1 Å². The molecule has 1 fully saturated rings. The van der Waals surface area contributed by atoms with Gasteiger partial charge in [0.2, 0.25) is 0 Å². The molecule has 0 saturated carbocycles. The van der Waals surface area contributed by atoms with Crippen LogP contribution in [0.2, 0.25) is 0 Å². The smallest absolute Gasteiger partial charge is 0.306 e. The predicted molar refractivity (Wildman–Crippen MR) is 118 cm³/mol. The molecule has 0 amide bonds. The normalized spacial score (nSPS) is 16.9. The maximum atomic E-state index is 12.0. The van der Waals surface area contributed by atoms with E-state index in [4.69, 9.17) is 19.3 Å². The van der Waals surface area contributed by atoms with Gasteiger partial charge >= 0.3 is 5.97 Å². The van der Waals surface area contributed by atoms with E-state index in [0.717, 1.165) is 25.7 Å². The third kappa shape index (κ3) is 13.4. The first kappa shape index (κ1) is 27.1. The number of unbranched alkanes of at least 4 members (excludes halogenated alkanes) is 11. The highest BCUT2D eigenvalue weighted by Crippen LogP contribution is 2.17. The largest absolute Gasteiger partial charge is 0.454 e. The van der Waals surface area contributed by atoms with Crippen LogP contribution in [0.25, 0.3) is 0 Å².